The number of carbonyl (C=O) groups is 2. The number of hydrogen-bond acceptors (Lipinski definition) is 5. The summed E-state index contributed by atoms with van der Waals surface area (Å²) in [6, 6.07) is 8.92. The third kappa shape index (κ3) is 6.46. The van der Waals surface area contributed by atoms with Gasteiger partial charge in [0.15, 0.2) is 0 Å². The van der Waals surface area contributed by atoms with Crippen LogP contribution in [0.25, 0.3) is 10.4 Å². The number of amides is 1. The lowest BCUT2D eigenvalue weighted by Crippen LogP contribution is -2.47. The monoisotopic (exact) mass is 533 g/mol. The fourth-order valence-corrected chi connectivity index (χ4v) is 7.37. The molecule has 9 heteroatoms. The number of aliphatic hydroxyl groups excluding tert-OH is 1. The van der Waals surface area contributed by atoms with Crippen LogP contribution in [-0.4, -0.2) is 45.8 Å². The van der Waals surface area contributed by atoms with Gasteiger partial charge in [0.2, 0.25) is 13.3 Å². The Morgan fingerprint density at radius 2 is 1.64 bits per heavy atom. The van der Waals surface area contributed by atoms with Crippen LogP contribution in [0.2, 0.25) is 0 Å². The first-order valence-electron chi connectivity index (χ1n) is 12.8. The number of rotatable bonds is 7. The van der Waals surface area contributed by atoms with Crippen LogP contribution in [0.3, 0.4) is 0 Å². The molecule has 2 aliphatic rings. The fraction of sp³-hybridized carbons (Fsp3) is 0.556. The molecule has 7 nitrogen and oxygen atoms in total. The predicted octanol–water partition coefficient (Wildman–Crippen LogP) is 5.98. The van der Waals surface area contributed by atoms with Gasteiger partial charge in [-0.05, 0) is 74.5 Å². The molecule has 1 aromatic heterocycles. The van der Waals surface area contributed by atoms with Crippen LogP contribution in [-0.2, 0) is 15.5 Å². The number of benzene rings is 1. The Morgan fingerprint density at radius 1 is 1.03 bits per heavy atom. The van der Waals surface area contributed by atoms with E-state index in [2.05, 4.69) is 6.92 Å². The first-order valence-corrected chi connectivity index (χ1v) is 15.9. The summed E-state index contributed by atoms with van der Waals surface area (Å²) in [5, 5.41) is 20.1. The quantitative estimate of drug-likeness (QED) is 0.378. The maximum Gasteiger partial charge on any atom is 0.348 e. The van der Waals surface area contributed by atoms with Gasteiger partial charge in [-0.1, -0.05) is 31.2 Å². The van der Waals surface area contributed by atoms with Crippen LogP contribution in [0.1, 0.15) is 73.5 Å². The Kier molecular flexibility index (Phi) is 8.40. The van der Waals surface area contributed by atoms with E-state index >= 15 is 0 Å². The van der Waals surface area contributed by atoms with Crippen LogP contribution in [0.15, 0.2) is 30.3 Å². The van der Waals surface area contributed by atoms with E-state index in [-0.39, 0.29) is 35.0 Å². The fourth-order valence-electron chi connectivity index (χ4n) is 5.48. The van der Waals surface area contributed by atoms with Crippen LogP contribution in [0, 0.1) is 11.8 Å². The van der Waals surface area contributed by atoms with Gasteiger partial charge in [-0.25, -0.2) is 4.79 Å². The van der Waals surface area contributed by atoms with Crippen LogP contribution >= 0.6 is 18.7 Å². The number of anilines is 1. The highest BCUT2D eigenvalue weighted by molar-refractivity contribution is 7.56. The smallest absolute Gasteiger partial charge is 0.348 e. The summed E-state index contributed by atoms with van der Waals surface area (Å²) in [7, 11) is -3.19. The van der Waals surface area contributed by atoms with Crippen molar-refractivity contribution >= 4 is 36.3 Å². The minimum absolute atomic E-state index is 0.00660. The number of carboxylic acid groups (broad SMARTS) is 1. The molecule has 1 heterocycles. The van der Waals surface area contributed by atoms with E-state index < -0.39 is 13.3 Å². The zero-order valence-corrected chi connectivity index (χ0v) is 22.6. The molecular weight excluding hydrogens is 497 g/mol. The minimum Gasteiger partial charge on any atom is -0.477 e. The molecule has 1 atom stereocenters. The normalized spacial score (nSPS) is 26.2. The summed E-state index contributed by atoms with van der Waals surface area (Å²) >= 11 is 1.15. The SMILES string of the molecule is CP(=O)(O)Cc1ccc(-c2cc(N(C(=O)[C@H]3CC[C@H](C)CC3)[C@H]3CC[C@H](O)CC3)c(C(=O)O)s2)cc1. The van der Waals surface area contributed by atoms with Crippen molar-refractivity contribution in [3.63, 3.8) is 0 Å². The van der Waals surface area contributed by atoms with E-state index in [0.29, 0.717) is 37.3 Å². The molecule has 0 radical (unpaired) electrons. The third-order valence-corrected chi connectivity index (χ3v) is 9.63. The molecular formula is C27H36NO6PS. The lowest BCUT2D eigenvalue weighted by atomic mass is 9.81. The molecule has 0 bridgehead atoms. The van der Waals surface area contributed by atoms with Gasteiger partial charge in [-0.15, -0.1) is 11.3 Å². The second-order valence-electron chi connectivity index (χ2n) is 10.7. The summed E-state index contributed by atoms with van der Waals surface area (Å²) in [6.07, 6.45) is 5.84. The third-order valence-electron chi connectivity index (χ3n) is 7.51. The van der Waals surface area contributed by atoms with Gasteiger partial charge in [0.25, 0.3) is 0 Å². The van der Waals surface area contributed by atoms with Crippen molar-refractivity contribution in [3.05, 3.63) is 40.8 Å². The van der Waals surface area contributed by atoms with Crippen molar-refractivity contribution in [2.45, 2.75) is 76.6 Å². The van der Waals surface area contributed by atoms with Gasteiger partial charge in [0.05, 0.1) is 11.8 Å². The molecule has 2 saturated carbocycles. The Labute approximate surface area is 216 Å². The molecule has 1 aromatic carbocycles. The molecule has 0 saturated heterocycles. The van der Waals surface area contributed by atoms with E-state index in [1.54, 1.807) is 17.0 Å². The lowest BCUT2D eigenvalue weighted by molar-refractivity contribution is -0.124. The molecule has 0 aliphatic heterocycles. The lowest BCUT2D eigenvalue weighted by Gasteiger charge is -2.38. The van der Waals surface area contributed by atoms with E-state index in [9.17, 15) is 29.3 Å². The van der Waals surface area contributed by atoms with Gasteiger partial charge < -0.3 is 20.0 Å². The molecule has 2 fully saturated rings. The zero-order chi connectivity index (χ0) is 26.0. The number of thiophene rings is 1. The molecule has 2 aromatic rings. The minimum atomic E-state index is -3.19. The molecule has 4 rings (SSSR count). The summed E-state index contributed by atoms with van der Waals surface area (Å²) in [5.74, 6) is -0.561. The number of nitrogens with zero attached hydrogens (tertiary/aromatic N) is 1. The zero-order valence-electron chi connectivity index (χ0n) is 20.9. The first-order chi connectivity index (χ1) is 17.0. The van der Waals surface area contributed by atoms with E-state index in [0.717, 1.165) is 53.0 Å². The van der Waals surface area contributed by atoms with Crippen molar-refractivity contribution in [1.29, 1.82) is 0 Å². The average molecular weight is 534 g/mol. The number of aliphatic hydroxyl groups is 1. The van der Waals surface area contributed by atoms with Gasteiger partial charge in [0.1, 0.15) is 4.88 Å². The molecule has 0 spiro atoms. The summed E-state index contributed by atoms with van der Waals surface area (Å²) in [6.45, 7) is 3.54. The number of carbonyl (C=O) groups excluding carboxylic acids is 1. The molecule has 1 unspecified atom stereocenters. The predicted molar refractivity (Wildman–Crippen MR) is 143 cm³/mol. The number of aromatic carboxylic acids is 1. The Morgan fingerprint density at radius 3 is 2.19 bits per heavy atom. The largest absolute Gasteiger partial charge is 0.477 e. The summed E-state index contributed by atoms with van der Waals surface area (Å²) in [4.78, 5) is 38.6. The second kappa shape index (κ2) is 11.2. The molecule has 3 N–H and O–H groups in total. The van der Waals surface area contributed by atoms with Crippen LogP contribution < -0.4 is 4.90 Å². The van der Waals surface area contributed by atoms with Crippen molar-refractivity contribution in [2.24, 2.45) is 11.8 Å². The van der Waals surface area contributed by atoms with Crippen LogP contribution in [0.4, 0.5) is 5.69 Å². The highest BCUT2D eigenvalue weighted by Gasteiger charge is 2.37. The number of hydrogen-bond donors (Lipinski definition) is 3. The van der Waals surface area contributed by atoms with Crippen molar-refractivity contribution in [1.82, 2.24) is 0 Å². The maximum absolute atomic E-state index is 13.9. The van der Waals surface area contributed by atoms with Crippen molar-refractivity contribution in [2.75, 3.05) is 11.6 Å². The van der Waals surface area contributed by atoms with E-state index in [4.69, 9.17) is 0 Å². The number of carboxylic acids is 1. The van der Waals surface area contributed by atoms with Crippen molar-refractivity contribution in [3.8, 4) is 10.4 Å². The van der Waals surface area contributed by atoms with Gasteiger partial charge >= 0.3 is 5.97 Å². The second-order valence-corrected chi connectivity index (χ2v) is 14.1. The summed E-state index contributed by atoms with van der Waals surface area (Å²) in [5.41, 5.74) is 2.00. The van der Waals surface area contributed by atoms with E-state index in [1.807, 2.05) is 18.2 Å². The Bertz CT molecular complexity index is 1120. The standard InChI is InChI=1S/C27H36NO6PS/c1-17-3-7-20(8-4-17)26(30)28(21-11-13-22(29)14-12-21)23-15-24(36-25(23)27(31)32)19-9-5-18(6-10-19)16-35(2,33)34/h5-6,9-10,15,17,20-22,29H,3-4,7-8,11-14,16H2,1-2H3,(H,31,32)(H,33,34)/t17-,20-,21-,22-. The molecule has 36 heavy (non-hydrogen) atoms. The highest BCUT2D eigenvalue weighted by Crippen LogP contribution is 2.43. The molecule has 196 valence electrons. The molecule has 1 amide bonds. The maximum atomic E-state index is 13.9. The highest BCUT2D eigenvalue weighted by atomic mass is 32.1. The first kappa shape index (κ1) is 27.1. The van der Waals surface area contributed by atoms with Gasteiger partial charge in [-0.2, -0.15) is 0 Å². The van der Waals surface area contributed by atoms with Crippen molar-refractivity contribution < 1.29 is 29.3 Å². The summed E-state index contributed by atoms with van der Waals surface area (Å²) < 4.78 is 11.8. The Balaban J connectivity index is 1.69. The Hall–Kier alpha value is -1.99. The molecule has 2 aliphatic carbocycles. The van der Waals surface area contributed by atoms with E-state index in [1.165, 1.54) is 6.66 Å². The topological polar surface area (TPSA) is 115 Å². The van der Waals surface area contributed by atoms with Crippen LogP contribution in [0.5, 0.6) is 0 Å². The average Bonchev–Trinajstić information content (AvgIpc) is 3.25. The van der Waals surface area contributed by atoms with Gasteiger partial charge in [0, 0.05) is 29.7 Å². The van der Waals surface area contributed by atoms with Gasteiger partial charge in [-0.3, -0.25) is 9.36 Å².